The van der Waals surface area contributed by atoms with Crippen LogP contribution in [-0.2, 0) is 17.8 Å². The zero-order valence-corrected chi connectivity index (χ0v) is 17.5. The first-order chi connectivity index (χ1) is 11.2. The van der Waals surface area contributed by atoms with Crippen molar-refractivity contribution >= 4 is 29.9 Å². The molecule has 24 heavy (non-hydrogen) atoms. The third kappa shape index (κ3) is 5.77. The van der Waals surface area contributed by atoms with Crippen LogP contribution >= 0.6 is 24.0 Å². The molecule has 1 aromatic heterocycles. The Morgan fingerprint density at radius 2 is 2.08 bits per heavy atom. The van der Waals surface area contributed by atoms with Gasteiger partial charge in [-0.3, -0.25) is 4.68 Å². The largest absolute Gasteiger partial charge is 0.383 e. The molecule has 0 atom stereocenters. The third-order valence-corrected chi connectivity index (χ3v) is 4.13. The Kier molecular flexibility index (Phi) is 9.35. The maximum atomic E-state index is 5.14. The Morgan fingerprint density at radius 1 is 1.38 bits per heavy atom. The lowest BCUT2D eigenvalue weighted by Gasteiger charge is -2.16. The minimum atomic E-state index is 0. The van der Waals surface area contributed by atoms with Crippen LogP contribution in [0.4, 0.5) is 0 Å². The van der Waals surface area contributed by atoms with Gasteiger partial charge in [-0.15, -0.1) is 24.0 Å². The highest BCUT2D eigenvalue weighted by Crippen LogP contribution is 2.14. The second-order valence-corrected chi connectivity index (χ2v) is 5.84. The Balaban J connectivity index is 0.00000288. The fraction of sp³-hybridized carbons (Fsp3) is 0.647. The molecule has 0 aromatic carbocycles. The van der Waals surface area contributed by atoms with Gasteiger partial charge >= 0.3 is 0 Å². The summed E-state index contributed by atoms with van der Waals surface area (Å²) < 4.78 is 7.14. The van der Waals surface area contributed by atoms with E-state index in [0.29, 0.717) is 19.2 Å². The number of halogens is 1. The maximum absolute atomic E-state index is 5.14. The van der Waals surface area contributed by atoms with Gasteiger partial charge < -0.3 is 15.4 Å². The molecule has 6 nitrogen and oxygen atoms in total. The van der Waals surface area contributed by atoms with Crippen molar-refractivity contribution in [2.45, 2.75) is 52.7 Å². The maximum Gasteiger partial charge on any atom is 0.191 e. The number of methoxy groups -OCH3 is 1. The molecule has 2 rings (SSSR count). The van der Waals surface area contributed by atoms with Gasteiger partial charge in [0.1, 0.15) is 0 Å². The topological polar surface area (TPSA) is 63.5 Å². The van der Waals surface area contributed by atoms with Crippen molar-refractivity contribution in [2.24, 2.45) is 4.99 Å². The second-order valence-electron chi connectivity index (χ2n) is 5.84. The summed E-state index contributed by atoms with van der Waals surface area (Å²) in [6.07, 6.45) is 6.57. The fourth-order valence-corrected chi connectivity index (χ4v) is 2.76. The summed E-state index contributed by atoms with van der Waals surface area (Å²) in [7, 11) is 1.71. The molecule has 1 aliphatic rings. The monoisotopic (exact) mass is 447 g/mol. The van der Waals surface area contributed by atoms with E-state index in [1.165, 1.54) is 11.3 Å². The highest BCUT2D eigenvalue weighted by Gasteiger charge is 2.13. The molecule has 0 radical (unpaired) electrons. The number of nitrogens with one attached hydrogen (secondary N) is 2. The van der Waals surface area contributed by atoms with Crippen LogP contribution in [-0.4, -0.2) is 42.0 Å². The summed E-state index contributed by atoms with van der Waals surface area (Å²) >= 11 is 0. The molecule has 0 aliphatic heterocycles. The molecule has 2 N–H and O–H groups in total. The van der Waals surface area contributed by atoms with E-state index in [1.807, 2.05) is 11.6 Å². The number of rotatable bonds is 7. The Bertz CT molecular complexity index is 560. The standard InChI is InChI=1S/C17H29N5O.HI/c1-5-18-17(20-15-8-6-7-9-15)19-12-16-13(2)21-22(14(16)3)10-11-23-4;/h6-7,15H,5,8-12H2,1-4H3,(H2,18,19,20);1H. The number of hydrogen-bond donors (Lipinski definition) is 2. The number of guanidine groups is 1. The van der Waals surface area contributed by atoms with Gasteiger partial charge in [-0.2, -0.15) is 5.10 Å². The molecule has 0 saturated heterocycles. The first-order valence-electron chi connectivity index (χ1n) is 8.37. The van der Waals surface area contributed by atoms with E-state index in [1.54, 1.807) is 7.11 Å². The van der Waals surface area contributed by atoms with Crippen molar-refractivity contribution in [3.8, 4) is 0 Å². The first-order valence-corrected chi connectivity index (χ1v) is 8.37. The van der Waals surface area contributed by atoms with Crippen LogP contribution in [0.2, 0.25) is 0 Å². The van der Waals surface area contributed by atoms with E-state index in [4.69, 9.17) is 9.73 Å². The number of nitrogens with zero attached hydrogens (tertiary/aromatic N) is 3. The van der Waals surface area contributed by atoms with Crippen LogP contribution in [0.15, 0.2) is 17.1 Å². The molecule has 136 valence electrons. The van der Waals surface area contributed by atoms with Gasteiger partial charge in [-0.1, -0.05) is 12.2 Å². The second kappa shape index (κ2) is 10.7. The highest BCUT2D eigenvalue weighted by molar-refractivity contribution is 14.0. The van der Waals surface area contributed by atoms with E-state index in [0.717, 1.165) is 37.6 Å². The molecule has 0 saturated carbocycles. The normalized spacial score (nSPS) is 14.8. The average Bonchev–Trinajstić information content (AvgIpc) is 3.12. The molecule has 0 spiro atoms. The van der Waals surface area contributed by atoms with E-state index < -0.39 is 0 Å². The van der Waals surface area contributed by atoms with Crippen LogP contribution < -0.4 is 10.6 Å². The van der Waals surface area contributed by atoms with Crippen molar-refractivity contribution in [1.82, 2.24) is 20.4 Å². The average molecular weight is 447 g/mol. The SMILES string of the molecule is CCNC(=NCc1c(C)nn(CCOC)c1C)NC1CC=CC1.I. The zero-order valence-electron chi connectivity index (χ0n) is 15.1. The molecule has 0 amide bonds. The van der Waals surface area contributed by atoms with Crippen molar-refractivity contribution in [1.29, 1.82) is 0 Å². The quantitative estimate of drug-likeness (QED) is 0.292. The first kappa shape index (κ1) is 21.0. The lowest BCUT2D eigenvalue weighted by Crippen LogP contribution is -2.42. The number of aliphatic imine (C=N–C) groups is 1. The Hall–Kier alpha value is -1.09. The molecule has 1 aromatic rings. The molecular formula is C17H30IN5O. The predicted molar refractivity (Wildman–Crippen MR) is 109 cm³/mol. The number of hydrogen-bond acceptors (Lipinski definition) is 3. The summed E-state index contributed by atoms with van der Waals surface area (Å²) in [6, 6.07) is 0.458. The van der Waals surface area contributed by atoms with Gasteiger partial charge in [-0.25, -0.2) is 4.99 Å². The van der Waals surface area contributed by atoms with Crippen molar-refractivity contribution in [2.75, 3.05) is 20.3 Å². The summed E-state index contributed by atoms with van der Waals surface area (Å²) in [6.45, 7) is 9.17. The number of ether oxygens (including phenoxy) is 1. The van der Waals surface area contributed by atoms with Crippen LogP contribution in [0.25, 0.3) is 0 Å². The smallest absolute Gasteiger partial charge is 0.191 e. The minimum absolute atomic E-state index is 0. The van der Waals surface area contributed by atoms with E-state index in [2.05, 4.69) is 41.7 Å². The zero-order chi connectivity index (χ0) is 16.7. The summed E-state index contributed by atoms with van der Waals surface area (Å²) in [5.41, 5.74) is 3.41. The lowest BCUT2D eigenvalue weighted by molar-refractivity contribution is 0.182. The molecule has 0 fully saturated rings. The summed E-state index contributed by atoms with van der Waals surface area (Å²) in [4.78, 5) is 4.74. The summed E-state index contributed by atoms with van der Waals surface area (Å²) in [5.74, 6) is 0.879. The van der Waals surface area contributed by atoms with E-state index in [-0.39, 0.29) is 24.0 Å². The molecule has 1 aliphatic carbocycles. The fourth-order valence-electron chi connectivity index (χ4n) is 2.76. The molecular weight excluding hydrogens is 417 g/mol. The van der Waals surface area contributed by atoms with Gasteiger partial charge in [0.2, 0.25) is 0 Å². The van der Waals surface area contributed by atoms with Gasteiger partial charge in [0, 0.05) is 31.0 Å². The van der Waals surface area contributed by atoms with Gasteiger partial charge in [-0.05, 0) is 33.6 Å². The van der Waals surface area contributed by atoms with Crippen LogP contribution in [0, 0.1) is 13.8 Å². The van der Waals surface area contributed by atoms with Crippen LogP contribution in [0.3, 0.4) is 0 Å². The molecule has 0 unspecified atom stereocenters. The molecule has 0 bridgehead atoms. The molecule has 7 heteroatoms. The van der Waals surface area contributed by atoms with Crippen molar-refractivity contribution in [3.63, 3.8) is 0 Å². The van der Waals surface area contributed by atoms with Gasteiger partial charge in [0.05, 0.1) is 25.4 Å². The lowest BCUT2D eigenvalue weighted by atomic mass is 10.2. The predicted octanol–water partition coefficient (Wildman–Crippen LogP) is 2.54. The summed E-state index contributed by atoms with van der Waals surface area (Å²) in [5, 5.41) is 11.4. The van der Waals surface area contributed by atoms with Crippen LogP contribution in [0.1, 0.15) is 36.7 Å². The Labute approximate surface area is 162 Å². The highest BCUT2D eigenvalue weighted by atomic mass is 127. The van der Waals surface area contributed by atoms with Crippen molar-refractivity contribution in [3.05, 3.63) is 29.1 Å². The van der Waals surface area contributed by atoms with Gasteiger partial charge in [0.15, 0.2) is 5.96 Å². The third-order valence-electron chi connectivity index (χ3n) is 4.13. The number of aromatic nitrogens is 2. The van der Waals surface area contributed by atoms with E-state index >= 15 is 0 Å². The van der Waals surface area contributed by atoms with Crippen molar-refractivity contribution < 1.29 is 4.74 Å². The van der Waals surface area contributed by atoms with Gasteiger partial charge in [0.25, 0.3) is 0 Å². The van der Waals surface area contributed by atoms with E-state index in [9.17, 15) is 0 Å². The minimum Gasteiger partial charge on any atom is -0.383 e. The Morgan fingerprint density at radius 3 is 2.71 bits per heavy atom. The molecule has 1 heterocycles. The van der Waals surface area contributed by atoms with Crippen LogP contribution in [0.5, 0.6) is 0 Å². The number of aryl methyl sites for hydroxylation is 1.